The summed E-state index contributed by atoms with van der Waals surface area (Å²) in [5, 5.41) is 14.0. The molecule has 6 rings (SSSR count). The van der Waals surface area contributed by atoms with Crippen molar-refractivity contribution in [1.29, 1.82) is 0 Å². The number of aliphatic hydroxyl groups is 1. The standard InChI is InChI=1S/C33H40N4O8/c1-33(2,3)45-32(40)36-9-7-19(8-10-36)30(38)35(4)11-12-37-29-22-15-27-28(44-18-43-27)16-24(22)34-17-23(29)20-13-25(41-5)26(42-6)14-21(20)31(37)39/h13-17,19,30,38H,7-12,18H2,1-6H3. The Hall–Kier alpha value is -4.29. The number of aliphatic hydroxyl groups excluding tert-OH is 1. The van der Waals surface area contributed by atoms with E-state index in [0.717, 1.165) is 10.8 Å². The number of nitrogens with zero attached hydrogens (tertiary/aromatic N) is 4. The van der Waals surface area contributed by atoms with Gasteiger partial charge in [0.05, 0.1) is 30.6 Å². The molecule has 12 heteroatoms. The number of piperidine rings is 1. The van der Waals surface area contributed by atoms with Gasteiger partial charge in [-0.2, -0.15) is 0 Å². The maximum atomic E-state index is 14.2. The molecular weight excluding hydrogens is 580 g/mol. The SMILES string of the molecule is COc1cc2c(=O)n(CCN(C)C(O)C3CCN(C(=O)OC(C)(C)C)CC3)c3c4cc5c(cc4ncc3c2cc1OC)OCO5. The second kappa shape index (κ2) is 11.9. The van der Waals surface area contributed by atoms with Crippen LogP contribution in [0.1, 0.15) is 33.6 Å². The van der Waals surface area contributed by atoms with Crippen molar-refractivity contribution in [3.05, 3.63) is 40.8 Å². The maximum Gasteiger partial charge on any atom is 0.410 e. The number of likely N-dealkylation sites (N-methyl/N-ethyl adjacent to an activating group) is 1. The Kier molecular flexibility index (Phi) is 8.13. The summed E-state index contributed by atoms with van der Waals surface area (Å²) in [5.41, 5.74) is 0.622. The van der Waals surface area contributed by atoms with Gasteiger partial charge in [0.25, 0.3) is 5.56 Å². The number of pyridine rings is 2. The van der Waals surface area contributed by atoms with E-state index < -0.39 is 11.8 Å². The lowest BCUT2D eigenvalue weighted by Gasteiger charge is -2.37. The predicted molar refractivity (Wildman–Crippen MR) is 169 cm³/mol. The van der Waals surface area contributed by atoms with Crippen LogP contribution in [0.25, 0.3) is 32.6 Å². The number of aromatic nitrogens is 2. The molecule has 1 atom stereocenters. The van der Waals surface area contributed by atoms with Crippen LogP contribution < -0.4 is 24.5 Å². The van der Waals surface area contributed by atoms with Gasteiger partial charge in [-0.15, -0.1) is 0 Å². The van der Waals surface area contributed by atoms with E-state index in [1.165, 1.54) is 7.11 Å². The molecule has 45 heavy (non-hydrogen) atoms. The number of fused-ring (bicyclic) bond motifs is 6. The summed E-state index contributed by atoms with van der Waals surface area (Å²) in [6.07, 6.45) is 1.99. The summed E-state index contributed by atoms with van der Waals surface area (Å²) in [5.74, 6) is 2.13. The Balaban J connectivity index is 1.32. The second-order valence-electron chi connectivity index (χ2n) is 12.7. The van der Waals surface area contributed by atoms with Gasteiger partial charge in [-0.3, -0.25) is 14.7 Å². The molecule has 2 aliphatic heterocycles. The number of rotatable bonds is 7. The molecule has 1 fully saturated rings. The van der Waals surface area contributed by atoms with E-state index in [4.69, 9.17) is 28.7 Å². The summed E-state index contributed by atoms with van der Waals surface area (Å²) in [4.78, 5) is 35.0. The van der Waals surface area contributed by atoms with Gasteiger partial charge in [0.2, 0.25) is 6.79 Å². The minimum Gasteiger partial charge on any atom is -0.493 e. The van der Waals surface area contributed by atoms with Crippen LogP contribution in [0.5, 0.6) is 23.0 Å². The van der Waals surface area contributed by atoms with Crippen LogP contribution in [0.3, 0.4) is 0 Å². The van der Waals surface area contributed by atoms with Crippen LogP contribution >= 0.6 is 0 Å². The van der Waals surface area contributed by atoms with E-state index in [1.54, 1.807) is 28.8 Å². The van der Waals surface area contributed by atoms with Crippen molar-refractivity contribution in [3.8, 4) is 23.0 Å². The Morgan fingerprint density at radius 3 is 2.31 bits per heavy atom. The fourth-order valence-corrected chi connectivity index (χ4v) is 6.25. The highest BCUT2D eigenvalue weighted by Gasteiger charge is 2.31. The van der Waals surface area contributed by atoms with Gasteiger partial charge in [0.1, 0.15) is 11.8 Å². The van der Waals surface area contributed by atoms with Gasteiger partial charge in [-0.1, -0.05) is 0 Å². The minimum absolute atomic E-state index is 0.0275. The zero-order valence-corrected chi connectivity index (χ0v) is 26.6. The molecule has 1 unspecified atom stereocenters. The average Bonchev–Trinajstić information content (AvgIpc) is 3.49. The van der Waals surface area contributed by atoms with Crippen molar-refractivity contribution >= 4 is 38.7 Å². The van der Waals surface area contributed by atoms with Gasteiger partial charge in [0, 0.05) is 60.5 Å². The van der Waals surface area contributed by atoms with Crippen molar-refractivity contribution < 1.29 is 33.6 Å². The number of carbonyl (C=O) groups excluding carboxylic acids is 1. The summed E-state index contributed by atoms with van der Waals surface area (Å²) in [7, 11) is 4.95. The van der Waals surface area contributed by atoms with Crippen molar-refractivity contribution in [3.63, 3.8) is 0 Å². The molecule has 1 amide bonds. The smallest absolute Gasteiger partial charge is 0.410 e. The molecule has 0 aliphatic carbocycles. The molecule has 240 valence electrons. The van der Waals surface area contributed by atoms with Crippen molar-refractivity contribution in [2.24, 2.45) is 5.92 Å². The first kappa shape index (κ1) is 30.7. The summed E-state index contributed by atoms with van der Waals surface area (Å²) in [6.45, 7) is 7.40. The molecule has 4 aromatic rings. The lowest BCUT2D eigenvalue weighted by Crippen LogP contribution is -2.47. The first-order valence-corrected chi connectivity index (χ1v) is 15.2. The second-order valence-corrected chi connectivity index (χ2v) is 12.7. The average molecular weight is 621 g/mol. The fourth-order valence-electron chi connectivity index (χ4n) is 6.25. The topological polar surface area (TPSA) is 125 Å². The number of carbonyl (C=O) groups is 1. The van der Waals surface area contributed by atoms with E-state index in [1.807, 2.05) is 50.9 Å². The molecule has 0 spiro atoms. The van der Waals surface area contributed by atoms with Crippen molar-refractivity contribution in [1.82, 2.24) is 19.4 Å². The third-order valence-electron chi connectivity index (χ3n) is 8.63. The number of hydrogen-bond donors (Lipinski definition) is 1. The number of ether oxygens (including phenoxy) is 5. The molecule has 1 N–H and O–H groups in total. The normalized spacial score (nSPS) is 16.1. The van der Waals surface area contributed by atoms with Gasteiger partial charge in [0.15, 0.2) is 23.0 Å². The third kappa shape index (κ3) is 5.80. The number of hydrogen-bond acceptors (Lipinski definition) is 10. The van der Waals surface area contributed by atoms with Crippen LogP contribution in [0.15, 0.2) is 35.3 Å². The lowest BCUT2D eigenvalue weighted by atomic mass is 9.94. The van der Waals surface area contributed by atoms with Gasteiger partial charge in [-0.05, 0) is 58.9 Å². The monoisotopic (exact) mass is 620 g/mol. The van der Waals surface area contributed by atoms with E-state index in [2.05, 4.69) is 0 Å². The predicted octanol–water partition coefficient (Wildman–Crippen LogP) is 4.35. The summed E-state index contributed by atoms with van der Waals surface area (Å²) in [6, 6.07) is 7.20. The van der Waals surface area contributed by atoms with Crippen molar-refractivity contribution in [2.75, 3.05) is 47.7 Å². The zero-order chi connectivity index (χ0) is 32.0. The highest BCUT2D eigenvalue weighted by atomic mass is 16.7. The summed E-state index contributed by atoms with van der Waals surface area (Å²) < 4.78 is 29.6. The van der Waals surface area contributed by atoms with E-state index in [9.17, 15) is 14.7 Å². The Morgan fingerprint density at radius 2 is 1.67 bits per heavy atom. The maximum absolute atomic E-state index is 14.2. The minimum atomic E-state index is -0.746. The van der Waals surface area contributed by atoms with Crippen LogP contribution in [-0.2, 0) is 11.3 Å². The molecule has 2 aliphatic rings. The number of amides is 1. The lowest BCUT2D eigenvalue weighted by molar-refractivity contribution is -0.0487. The Labute approximate surface area is 261 Å². The van der Waals surface area contributed by atoms with E-state index in [0.29, 0.717) is 83.8 Å². The molecule has 0 bridgehead atoms. The number of methoxy groups -OCH3 is 2. The molecular formula is C33H40N4O8. The van der Waals surface area contributed by atoms with Gasteiger partial charge >= 0.3 is 6.09 Å². The Morgan fingerprint density at radius 1 is 1.02 bits per heavy atom. The van der Waals surface area contributed by atoms with Gasteiger partial charge < -0.3 is 38.3 Å². The van der Waals surface area contributed by atoms with Crippen LogP contribution in [-0.4, -0.2) is 90.1 Å². The summed E-state index contributed by atoms with van der Waals surface area (Å²) >= 11 is 0. The fraction of sp³-hybridized carbons (Fsp3) is 0.485. The van der Waals surface area contributed by atoms with E-state index in [-0.39, 0.29) is 24.4 Å². The zero-order valence-electron chi connectivity index (χ0n) is 26.6. The van der Waals surface area contributed by atoms with Gasteiger partial charge in [-0.25, -0.2) is 4.79 Å². The highest BCUT2D eigenvalue weighted by molar-refractivity contribution is 6.15. The molecule has 2 aromatic heterocycles. The molecule has 0 radical (unpaired) electrons. The van der Waals surface area contributed by atoms with Crippen LogP contribution in [0.4, 0.5) is 4.79 Å². The van der Waals surface area contributed by atoms with Crippen molar-refractivity contribution in [2.45, 2.75) is 52.0 Å². The molecule has 12 nitrogen and oxygen atoms in total. The molecule has 2 aromatic carbocycles. The van der Waals surface area contributed by atoms with Crippen LogP contribution in [0, 0.1) is 5.92 Å². The number of benzene rings is 2. The molecule has 1 saturated heterocycles. The largest absolute Gasteiger partial charge is 0.493 e. The first-order valence-electron chi connectivity index (χ1n) is 15.2. The van der Waals surface area contributed by atoms with E-state index >= 15 is 0 Å². The first-order chi connectivity index (χ1) is 21.5. The van der Waals surface area contributed by atoms with Crippen LogP contribution in [0.2, 0.25) is 0 Å². The highest BCUT2D eigenvalue weighted by Crippen LogP contribution is 2.40. The Bertz CT molecular complexity index is 1820. The third-order valence-corrected chi connectivity index (χ3v) is 8.63. The number of likely N-dealkylation sites (tertiary alicyclic amines) is 1. The quantitative estimate of drug-likeness (QED) is 0.236. The molecule has 4 heterocycles. The molecule has 0 saturated carbocycles.